The van der Waals surface area contributed by atoms with Crippen LogP contribution in [0.15, 0.2) is 36.5 Å². The first-order valence-corrected chi connectivity index (χ1v) is 5.75. The van der Waals surface area contributed by atoms with E-state index < -0.39 is 11.9 Å². The highest BCUT2D eigenvalue weighted by molar-refractivity contribution is 6.31. The van der Waals surface area contributed by atoms with Gasteiger partial charge in [0, 0.05) is 11.2 Å². The van der Waals surface area contributed by atoms with Crippen molar-refractivity contribution in [3.05, 3.63) is 53.1 Å². The maximum atomic E-state index is 13.4. The van der Waals surface area contributed by atoms with Crippen molar-refractivity contribution >= 4 is 23.2 Å². The van der Waals surface area contributed by atoms with Crippen molar-refractivity contribution in [2.45, 2.75) is 0 Å². The van der Waals surface area contributed by atoms with Crippen LogP contribution in [-0.2, 0) is 0 Å². The van der Waals surface area contributed by atoms with E-state index in [1.807, 2.05) is 0 Å². The lowest BCUT2D eigenvalue weighted by molar-refractivity contribution is 0.102. The zero-order valence-corrected chi connectivity index (χ0v) is 10.7. The average molecular weight is 281 g/mol. The van der Waals surface area contributed by atoms with Gasteiger partial charge in [0.25, 0.3) is 5.91 Å². The lowest BCUT2D eigenvalue weighted by Crippen LogP contribution is -2.15. The number of benzene rings is 1. The molecule has 1 heterocycles. The maximum absolute atomic E-state index is 13.4. The van der Waals surface area contributed by atoms with Crippen LogP contribution >= 0.6 is 11.6 Å². The number of aromatic nitrogens is 1. The first-order chi connectivity index (χ1) is 9.11. The van der Waals surface area contributed by atoms with Crippen molar-refractivity contribution < 1.29 is 13.9 Å². The summed E-state index contributed by atoms with van der Waals surface area (Å²) < 4.78 is 18.5. The third-order valence-corrected chi connectivity index (χ3v) is 2.65. The fraction of sp³-hybridized carbons (Fsp3) is 0.0769. The summed E-state index contributed by atoms with van der Waals surface area (Å²) in [4.78, 5) is 15.3. The van der Waals surface area contributed by atoms with Crippen molar-refractivity contribution in [1.29, 1.82) is 0 Å². The number of methoxy groups -OCH3 is 1. The van der Waals surface area contributed by atoms with E-state index in [1.54, 1.807) is 12.1 Å². The molecule has 0 fully saturated rings. The predicted molar refractivity (Wildman–Crippen MR) is 70.2 cm³/mol. The molecule has 0 aliphatic carbocycles. The Morgan fingerprint density at radius 3 is 2.89 bits per heavy atom. The number of rotatable bonds is 3. The minimum Gasteiger partial charge on any atom is -0.495 e. The van der Waals surface area contributed by atoms with E-state index in [-0.39, 0.29) is 5.56 Å². The van der Waals surface area contributed by atoms with E-state index in [9.17, 15) is 9.18 Å². The van der Waals surface area contributed by atoms with E-state index in [2.05, 4.69) is 10.3 Å². The summed E-state index contributed by atoms with van der Waals surface area (Å²) in [6.45, 7) is 0. The SMILES string of the molecule is COc1ccc(Cl)cc1NC(=O)c1cccnc1F. The van der Waals surface area contributed by atoms with Gasteiger partial charge in [0.2, 0.25) is 5.95 Å². The van der Waals surface area contributed by atoms with Gasteiger partial charge in [-0.1, -0.05) is 11.6 Å². The number of pyridine rings is 1. The summed E-state index contributed by atoms with van der Waals surface area (Å²) in [5.74, 6) is -1.02. The van der Waals surface area contributed by atoms with Crippen molar-refractivity contribution in [3.8, 4) is 5.75 Å². The molecular formula is C13H10ClFN2O2. The van der Waals surface area contributed by atoms with Crippen molar-refractivity contribution in [2.75, 3.05) is 12.4 Å². The van der Waals surface area contributed by atoms with Gasteiger partial charge < -0.3 is 10.1 Å². The van der Waals surface area contributed by atoms with Gasteiger partial charge in [0.15, 0.2) is 0 Å². The van der Waals surface area contributed by atoms with Crippen LogP contribution < -0.4 is 10.1 Å². The fourth-order valence-electron chi connectivity index (χ4n) is 1.52. The molecule has 19 heavy (non-hydrogen) atoms. The van der Waals surface area contributed by atoms with Crippen molar-refractivity contribution in [2.24, 2.45) is 0 Å². The molecular weight excluding hydrogens is 271 g/mol. The lowest BCUT2D eigenvalue weighted by Gasteiger charge is -2.10. The third kappa shape index (κ3) is 3.00. The number of nitrogens with one attached hydrogen (secondary N) is 1. The quantitative estimate of drug-likeness (QED) is 0.879. The van der Waals surface area contributed by atoms with Crippen LogP contribution in [0.1, 0.15) is 10.4 Å². The summed E-state index contributed by atoms with van der Waals surface area (Å²) in [6, 6.07) is 7.58. The summed E-state index contributed by atoms with van der Waals surface area (Å²) >= 11 is 5.84. The van der Waals surface area contributed by atoms with Gasteiger partial charge in [-0.3, -0.25) is 4.79 Å². The number of halogens is 2. The van der Waals surface area contributed by atoms with Crippen LogP contribution in [0.4, 0.5) is 10.1 Å². The Morgan fingerprint density at radius 1 is 1.42 bits per heavy atom. The zero-order valence-electron chi connectivity index (χ0n) is 9.98. The minimum absolute atomic E-state index is 0.149. The average Bonchev–Trinajstić information content (AvgIpc) is 2.39. The topological polar surface area (TPSA) is 51.2 Å². The summed E-state index contributed by atoms with van der Waals surface area (Å²) in [6.07, 6.45) is 1.27. The molecule has 0 unspecified atom stereocenters. The number of anilines is 1. The Morgan fingerprint density at radius 2 is 2.21 bits per heavy atom. The Kier molecular flexibility index (Phi) is 3.97. The Balaban J connectivity index is 2.29. The van der Waals surface area contributed by atoms with Crippen LogP contribution in [0.5, 0.6) is 5.75 Å². The van der Waals surface area contributed by atoms with Gasteiger partial charge in [-0.15, -0.1) is 0 Å². The Hall–Kier alpha value is -2.14. The van der Waals surface area contributed by atoms with Crippen LogP contribution in [0.25, 0.3) is 0 Å². The second-order valence-electron chi connectivity index (χ2n) is 3.64. The number of carbonyl (C=O) groups excluding carboxylic acids is 1. The Labute approximate surface area is 114 Å². The molecule has 4 nitrogen and oxygen atoms in total. The molecule has 0 atom stereocenters. The summed E-state index contributed by atoms with van der Waals surface area (Å²) in [5, 5.41) is 2.96. The summed E-state index contributed by atoms with van der Waals surface area (Å²) in [7, 11) is 1.46. The molecule has 0 saturated heterocycles. The predicted octanol–water partition coefficient (Wildman–Crippen LogP) is 3.14. The highest BCUT2D eigenvalue weighted by Gasteiger charge is 2.14. The van der Waals surface area contributed by atoms with Gasteiger partial charge in [0.05, 0.1) is 18.4 Å². The van der Waals surface area contributed by atoms with Gasteiger partial charge in [-0.05, 0) is 30.3 Å². The zero-order chi connectivity index (χ0) is 13.8. The second-order valence-corrected chi connectivity index (χ2v) is 4.08. The second kappa shape index (κ2) is 5.67. The number of nitrogens with zero attached hydrogens (tertiary/aromatic N) is 1. The van der Waals surface area contributed by atoms with Gasteiger partial charge in [-0.2, -0.15) is 4.39 Å². The van der Waals surface area contributed by atoms with E-state index in [0.717, 1.165) is 0 Å². The molecule has 1 amide bonds. The molecule has 2 rings (SSSR count). The Bertz CT molecular complexity index is 619. The van der Waals surface area contributed by atoms with E-state index >= 15 is 0 Å². The number of hydrogen-bond acceptors (Lipinski definition) is 3. The number of amides is 1. The van der Waals surface area contributed by atoms with E-state index in [4.69, 9.17) is 16.3 Å². The molecule has 0 saturated carbocycles. The standard InChI is InChI=1S/C13H10ClFN2O2/c1-19-11-5-4-8(14)7-10(11)17-13(18)9-3-2-6-16-12(9)15/h2-7H,1H3,(H,17,18). The molecule has 1 aromatic heterocycles. The lowest BCUT2D eigenvalue weighted by atomic mass is 10.2. The van der Waals surface area contributed by atoms with Gasteiger partial charge >= 0.3 is 0 Å². The minimum atomic E-state index is -0.832. The van der Waals surface area contributed by atoms with Crippen LogP contribution in [0.3, 0.4) is 0 Å². The highest BCUT2D eigenvalue weighted by atomic mass is 35.5. The molecule has 98 valence electrons. The molecule has 0 aliphatic heterocycles. The molecule has 1 N–H and O–H groups in total. The number of ether oxygens (including phenoxy) is 1. The van der Waals surface area contributed by atoms with Crippen molar-refractivity contribution in [1.82, 2.24) is 4.98 Å². The highest BCUT2D eigenvalue weighted by Crippen LogP contribution is 2.28. The molecule has 6 heteroatoms. The first kappa shape index (κ1) is 13.3. The molecule has 0 aliphatic rings. The maximum Gasteiger partial charge on any atom is 0.260 e. The molecule has 0 spiro atoms. The van der Waals surface area contributed by atoms with Crippen molar-refractivity contribution in [3.63, 3.8) is 0 Å². The number of hydrogen-bond donors (Lipinski definition) is 1. The molecule has 1 aromatic carbocycles. The molecule has 0 bridgehead atoms. The monoisotopic (exact) mass is 280 g/mol. The van der Waals surface area contributed by atoms with Crippen LogP contribution in [0, 0.1) is 5.95 Å². The smallest absolute Gasteiger partial charge is 0.260 e. The van der Waals surface area contributed by atoms with E-state index in [0.29, 0.717) is 16.5 Å². The summed E-state index contributed by atoms with van der Waals surface area (Å²) in [5.41, 5.74) is 0.216. The molecule has 0 radical (unpaired) electrons. The van der Waals surface area contributed by atoms with E-state index in [1.165, 1.54) is 31.5 Å². The van der Waals surface area contributed by atoms with Crippen LogP contribution in [-0.4, -0.2) is 18.0 Å². The number of carbonyl (C=O) groups is 1. The third-order valence-electron chi connectivity index (χ3n) is 2.41. The van der Waals surface area contributed by atoms with Gasteiger partial charge in [0.1, 0.15) is 5.75 Å². The molecule has 2 aromatic rings. The first-order valence-electron chi connectivity index (χ1n) is 5.37. The van der Waals surface area contributed by atoms with Gasteiger partial charge in [-0.25, -0.2) is 4.98 Å². The van der Waals surface area contributed by atoms with Crippen LogP contribution in [0.2, 0.25) is 5.02 Å². The largest absolute Gasteiger partial charge is 0.495 e. The normalized spacial score (nSPS) is 10.1. The fourth-order valence-corrected chi connectivity index (χ4v) is 1.70.